The lowest BCUT2D eigenvalue weighted by molar-refractivity contribution is -0.00202. The van der Waals surface area contributed by atoms with E-state index in [1.165, 1.54) is 17.7 Å². The number of nitrogens with zero attached hydrogens (tertiary/aromatic N) is 2. The molecule has 35 heavy (non-hydrogen) atoms. The van der Waals surface area contributed by atoms with Crippen LogP contribution in [0.2, 0.25) is 5.02 Å². The molecule has 0 saturated carbocycles. The second-order valence-corrected chi connectivity index (χ2v) is 11.2. The van der Waals surface area contributed by atoms with Crippen LogP contribution in [0.15, 0.2) is 36.4 Å². The second-order valence-electron chi connectivity index (χ2n) is 9.56. The first kappa shape index (κ1) is 24.6. The van der Waals surface area contributed by atoms with Crippen molar-refractivity contribution in [3.63, 3.8) is 0 Å². The number of aliphatic hydroxyl groups excluding tert-OH is 1. The lowest BCUT2D eigenvalue weighted by atomic mass is 9.87. The first-order valence-corrected chi connectivity index (χ1v) is 13.6. The predicted octanol–water partition coefficient (Wildman–Crippen LogP) is 3.44. The Kier molecular flexibility index (Phi) is 7.34. The molecule has 2 N–H and O–H groups in total. The van der Waals surface area contributed by atoms with Gasteiger partial charge in [0.15, 0.2) is 0 Å². The van der Waals surface area contributed by atoms with Crippen molar-refractivity contribution < 1.29 is 24.5 Å². The third kappa shape index (κ3) is 5.66. The quantitative estimate of drug-likeness (QED) is 0.606. The Balaban J connectivity index is 1.13. The van der Waals surface area contributed by atoms with Crippen molar-refractivity contribution in [3.8, 4) is 17.2 Å². The standard InChI is InChI=1S/C26H31ClN2O5S/c27-19-1-4-23-18(13-19)15-26(34-23)5-7-28(8-6-26)16-21(31)17-33-24-14-20(30)2-3-22(24)25(32)29-9-11-35-12-10-29/h1-4,13-14,21,30-31H,5-12,15-17H2/t21-/m0/s1. The molecule has 3 heterocycles. The number of carbonyl (C=O) groups is 1. The van der Waals surface area contributed by atoms with Gasteiger partial charge in [-0.2, -0.15) is 11.8 Å². The lowest BCUT2D eigenvalue weighted by Gasteiger charge is -2.39. The summed E-state index contributed by atoms with van der Waals surface area (Å²) in [6.07, 6.45) is 1.91. The number of phenolic OH excluding ortho intramolecular Hbond substituents is 1. The number of halogens is 1. The number of hydrogen-bond donors (Lipinski definition) is 2. The molecule has 1 spiro atoms. The van der Waals surface area contributed by atoms with E-state index in [2.05, 4.69) is 4.90 Å². The Morgan fingerprint density at radius 2 is 1.91 bits per heavy atom. The van der Waals surface area contributed by atoms with Crippen LogP contribution in [-0.2, 0) is 6.42 Å². The minimum Gasteiger partial charge on any atom is -0.508 e. The maximum Gasteiger partial charge on any atom is 0.257 e. The number of carbonyl (C=O) groups excluding carboxylic acids is 1. The number of likely N-dealkylation sites (tertiary alicyclic amines) is 1. The largest absolute Gasteiger partial charge is 0.508 e. The smallest absolute Gasteiger partial charge is 0.257 e. The molecule has 2 saturated heterocycles. The van der Waals surface area contributed by atoms with Gasteiger partial charge in [0.1, 0.15) is 35.6 Å². The summed E-state index contributed by atoms with van der Waals surface area (Å²) >= 11 is 7.98. The first-order valence-electron chi connectivity index (χ1n) is 12.1. The number of piperidine rings is 1. The number of ether oxygens (including phenoxy) is 2. The molecule has 9 heteroatoms. The first-order chi connectivity index (χ1) is 16.9. The fourth-order valence-electron chi connectivity index (χ4n) is 5.10. The molecule has 1 amide bonds. The van der Waals surface area contributed by atoms with Gasteiger partial charge in [0, 0.05) is 74.6 Å². The van der Waals surface area contributed by atoms with Crippen LogP contribution in [0.25, 0.3) is 0 Å². The van der Waals surface area contributed by atoms with Crippen molar-refractivity contribution in [3.05, 3.63) is 52.5 Å². The Morgan fingerprint density at radius 1 is 1.14 bits per heavy atom. The van der Waals surface area contributed by atoms with Gasteiger partial charge >= 0.3 is 0 Å². The molecule has 2 aromatic carbocycles. The molecule has 0 radical (unpaired) electrons. The average molecular weight is 519 g/mol. The predicted molar refractivity (Wildman–Crippen MR) is 137 cm³/mol. The second kappa shape index (κ2) is 10.5. The number of phenols is 1. The van der Waals surface area contributed by atoms with E-state index in [0.717, 1.165) is 54.6 Å². The van der Waals surface area contributed by atoms with Gasteiger partial charge in [-0.25, -0.2) is 0 Å². The van der Waals surface area contributed by atoms with Gasteiger partial charge in [0.25, 0.3) is 5.91 Å². The molecule has 1 atom stereocenters. The van der Waals surface area contributed by atoms with Gasteiger partial charge in [-0.1, -0.05) is 11.6 Å². The number of β-amino-alcohol motifs (C(OH)–C–C–N with tert-alkyl or cyclic N) is 1. The highest BCUT2D eigenvalue weighted by Gasteiger charge is 2.42. The SMILES string of the molecule is O=C(c1ccc(O)cc1OC[C@@H](O)CN1CCC2(CC1)Cc1cc(Cl)ccc1O2)N1CCSCC1. The van der Waals surface area contributed by atoms with E-state index in [1.807, 2.05) is 34.9 Å². The molecule has 0 aliphatic carbocycles. The highest BCUT2D eigenvalue weighted by Crippen LogP contribution is 2.42. The topological polar surface area (TPSA) is 82.5 Å². The van der Waals surface area contributed by atoms with Crippen molar-refractivity contribution in [1.82, 2.24) is 9.80 Å². The summed E-state index contributed by atoms with van der Waals surface area (Å²) < 4.78 is 12.2. The van der Waals surface area contributed by atoms with Crippen LogP contribution in [0, 0.1) is 0 Å². The monoisotopic (exact) mass is 518 g/mol. The van der Waals surface area contributed by atoms with Crippen LogP contribution in [0.3, 0.4) is 0 Å². The molecule has 3 aliphatic heterocycles. The zero-order valence-corrected chi connectivity index (χ0v) is 21.2. The Hall–Kier alpha value is -2.13. The van der Waals surface area contributed by atoms with Crippen LogP contribution < -0.4 is 9.47 Å². The highest BCUT2D eigenvalue weighted by molar-refractivity contribution is 7.99. The van der Waals surface area contributed by atoms with Crippen LogP contribution in [0.4, 0.5) is 0 Å². The minimum absolute atomic E-state index is 0.0282. The number of amides is 1. The van der Waals surface area contributed by atoms with Gasteiger partial charge in [-0.05, 0) is 35.9 Å². The van der Waals surface area contributed by atoms with Gasteiger partial charge < -0.3 is 29.5 Å². The summed E-state index contributed by atoms with van der Waals surface area (Å²) in [4.78, 5) is 17.0. The number of hydrogen-bond acceptors (Lipinski definition) is 7. The molecule has 0 unspecified atom stereocenters. The van der Waals surface area contributed by atoms with E-state index >= 15 is 0 Å². The Bertz CT molecular complexity index is 1070. The fourth-order valence-corrected chi connectivity index (χ4v) is 6.20. The van der Waals surface area contributed by atoms with Crippen molar-refractivity contribution in [1.29, 1.82) is 0 Å². The molecule has 7 nitrogen and oxygen atoms in total. The van der Waals surface area contributed by atoms with Crippen molar-refractivity contribution in [2.24, 2.45) is 0 Å². The van der Waals surface area contributed by atoms with Crippen LogP contribution in [0.5, 0.6) is 17.2 Å². The fraction of sp³-hybridized carbons (Fsp3) is 0.500. The molecule has 3 aliphatic rings. The summed E-state index contributed by atoms with van der Waals surface area (Å²) in [5.74, 6) is 2.99. The molecule has 5 rings (SSSR count). The van der Waals surface area contributed by atoms with E-state index in [9.17, 15) is 15.0 Å². The van der Waals surface area contributed by atoms with E-state index in [4.69, 9.17) is 21.1 Å². The maximum atomic E-state index is 13.0. The molecular formula is C26H31ClN2O5S. The minimum atomic E-state index is -0.721. The lowest BCUT2D eigenvalue weighted by Crippen LogP contribution is -2.49. The summed E-state index contributed by atoms with van der Waals surface area (Å²) in [7, 11) is 0. The van der Waals surface area contributed by atoms with Crippen molar-refractivity contribution in [2.75, 3.05) is 50.8 Å². The summed E-state index contributed by atoms with van der Waals surface area (Å²) in [5, 5.41) is 21.3. The Morgan fingerprint density at radius 3 is 2.69 bits per heavy atom. The normalized spacial score (nSPS) is 20.3. The number of thioether (sulfide) groups is 1. The molecule has 188 valence electrons. The highest BCUT2D eigenvalue weighted by atomic mass is 35.5. The van der Waals surface area contributed by atoms with Crippen LogP contribution in [-0.4, -0.2) is 88.5 Å². The molecule has 2 fully saturated rings. The third-order valence-electron chi connectivity index (χ3n) is 7.02. The van der Waals surface area contributed by atoms with E-state index < -0.39 is 6.10 Å². The third-order valence-corrected chi connectivity index (χ3v) is 8.20. The maximum absolute atomic E-state index is 13.0. The molecule has 0 bridgehead atoms. The number of fused-ring (bicyclic) bond motifs is 1. The number of benzene rings is 2. The van der Waals surface area contributed by atoms with E-state index in [-0.39, 0.29) is 23.9 Å². The average Bonchev–Trinajstić information content (AvgIpc) is 3.21. The van der Waals surface area contributed by atoms with Crippen molar-refractivity contribution in [2.45, 2.75) is 31.0 Å². The van der Waals surface area contributed by atoms with E-state index in [1.54, 1.807) is 6.07 Å². The molecular weight excluding hydrogens is 488 g/mol. The molecule has 0 aromatic heterocycles. The van der Waals surface area contributed by atoms with E-state index in [0.29, 0.717) is 30.9 Å². The van der Waals surface area contributed by atoms with Gasteiger partial charge in [0.2, 0.25) is 0 Å². The van der Waals surface area contributed by atoms with Gasteiger partial charge in [0.05, 0.1) is 5.56 Å². The zero-order valence-electron chi connectivity index (χ0n) is 19.6. The van der Waals surface area contributed by atoms with Crippen LogP contribution in [0.1, 0.15) is 28.8 Å². The summed E-state index contributed by atoms with van der Waals surface area (Å²) in [6, 6.07) is 10.3. The number of aromatic hydroxyl groups is 1. The summed E-state index contributed by atoms with van der Waals surface area (Å²) in [5.41, 5.74) is 1.40. The number of rotatable bonds is 6. The van der Waals surface area contributed by atoms with Crippen LogP contribution >= 0.6 is 23.4 Å². The van der Waals surface area contributed by atoms with Gasteiger partial charge in [-0.15, -0.1) is 0 Å². The number of aliphatic hydroxyl groups is 1. The zero-order chi connectivity index (χ0) is 24.4. The van der Waals surface area contributed by atoms with Gasteiger partial charge in [-0.3, -0.25) is 4.79 Å². The van der Waals surface area contributed by atoms with Crippen molar-refractivity contribution >= 4 is 29.3 Å². The Labute approximate surface area is 215 Å². The summed E-state index contributed by atoms with van der Waals surface area (Å²) in [6.45, 7) is 3.56. The molecule has 2 aromatic rings.